The number of halogens is 3. The van der Waals surface area contributed by atoms with Crippen LogP contribution < -0.4 is 5.73 Å². The molecule has 34 heavy (non-hydrogen) atoms. The zero-order chi connectivity index (χ0) is 22.1. The van der Waals surface area contributed by atoms with E-state index >= 15 is 0 Å². The molecule has 3 aromatic rings. The lowest BCUT2D eigenvalue weighted by atomic mass is 9.85. The summed E-state index contributed by atoms with van der Waals surface area (Å²) < 4.78 is 14.4. The summed E-state index contributed by atoms with van der Waals surface area (Å²) in [5.74, 6) is 0.0811. The van der Waals surface area contributed by atoms with Crippen molar-refractivity contribution in [3.63, 3.8) is 0 Å². The van der Waals surface area contributed by atoms with Crippen molar-refractivity contribution in [3.05, 3.63) is 82.8 Å². The number of pyridine rings is 1. The summed E-state index contributed by atoms with van der Waals surface area (Å²) in [6.45, 7) is 3.17. The Morgan fingerprint density at radius 2 is 1.76 bits per heavy atom. The Morgan fingerprint density at radius 1 is 1.03 bits per heavy atom. The molecule has 2 aromatic carbocycles. The molecule has 2 N–H and O–H groups in total. The monoisotopic (exact) mass is 501 g/mol. The summed E-state index contributed by atoms with van der Waals surface area (Å²) in [4.78, 5) is 20.2. The van der Waals surface area contributed by atoms with E-state index in [2.05, 4.69) is 46.3 Å². The molecule has 1 fully saturated rings. The summed E-state index contributed by atoms with van der Waals surface area (Å²) in [5.41, 5.74) is 10.3. The lowest BCUT2D eigenvalue weighted by Crippen LogP contribution is -2.33. The highest BCUT2D eigenvalue weighted by atomic mass is 35.5. The molecule has 0 atom stereocenters. The number of ketones is 1. The number of benzene rings is 2. The standard InChI is InChI=1S/C27H28FN3O.2ClH/c28-21-7-4-8-22-24(21)26(29)25-23(30-22)12-11-20(27(25)32)10-9-18-13-15-31(16-14-18)17-19-5-2-1-3-6-19;;/h1-8,10,18H,9,11-17H2,(H2,29,30);2*1H/b20-10-;;. The molecule has 1 aromatic heterocycles. The zero-order valence-corrected chi connectivity index (χ0v) is 20.6. The predicted octanol–water partition coefficient (Wildman–Crippen LogP) is 6.16. The Labute approximate surface area is 212 Å². The maximum Gasteiger partial charge on any atom is 0.192 e. The van der Waals surface area contributed by atoms with Gasteiger partial charge in [-0.2, -0.15) is 0 Å². The summed E-state index contributed by atoms with van der Waals surface area (Å²) in [5, 5.41) is 0.256. The van der Waals surface area contributed by atoms with Crippen molar-refractivity contribution in [1.82, 2.24) is 9.88 Å². The minimum atomic E-state index is -0.429. The third-order valence-corrected chi connectivity index (χ3v) is 6.88. The van der Waals surface area contributed by atoms with Crippen LogP contribution in [0.15, 0.2) is 60.2 Å². The maximum atomic E-state index is 14.4. The van der Waals surface area contributed by atoms with Gasteiger partial charge in [-0.05, 0) is 74.4 Å². The second-order valence-corrected chi connectivity index (χ2v) is 8.98. The van der Waals surface area contributed by atoms with Crippen molar-refractivity contribution < 1.29 is 9.18 Å². The van der Waals surface area contributed by atoms with E-state index < -0.39 is 5.82 Å². The second kappa shape index (κ2) is 11.3. The molecular weight excluding hydrogens is 472 g/mol. The smallest absolute Gasteiger partial charge is 0.192 e. The number of fused-ring (bicyclic) bond motifs is 2. The van der Waals surface area contributed by atoms with Crippen LogP contribution in [0.4, 0.5) is 10.1 Å². The predicted molar refractivity (Wildman–Crippen MR) is 140 cm³/mol. The van der Waals surface area contributed by atoms with Gasteiger partial charge in [-0.3, -0.25) is 14.7 Å². The fourth-order valence-corrected chi connectivity index (χ4v) is 5.04. The van der Waals surface area contributed by atoms with Gasteiger partial charge in [-0.1, -0.05) is 42.5 Å². The van der Waals surface area contributed by atoms with Crippen molar-refractivity contribution >= 4 is 47.2 Å². The van der Waals surface area contributed by atoms with Crippen LogP contribution in [-0.2, 0) is 13.0 Å². The Morgan fingerprint density at radius 3 is 2.50 bits per heavy atom. The number of carbonyl (C=O) groups excluding carboxylic acids is 1. The Bertz CT molecular complexity index is 1190. The van der Waals surface area contributed by atoms with Gasteiger partial charge in [0.25, 0.3) is 0 Å². The highest BCUT2D eigenvalue weighted by Gasteiger charge is 2.28. The van der Waals surface area contributed by atoms with Gasteiger partial charge < -0.3 is 5.73 Å². The Kier molecular flexibility index (Phi) is 8.69. The van der Waals surface area contributed by atoms with Gasteiger partial charge in [0.2, 0.25) is 0 Å². The van der Waals surface area contributed by atoms with Crippen molar-refractivity contribution in [3.8, 4) is 0 Å². The van der Waals surface area contributed by atoms with Crippen molar-refractivity contribution in [1.29, 1.82) is 0 Å². The number of hydrogen-bond acceptors (Lipinski definition) is 4. The molecule has 0 saturated carbocycles. The largest absolute Gasteiger partial charge is 0.397 e. The van der Waals surface area contributed by atoms with Crippen LogP contribution in [0.1, 0.15) is 47.3 Å². The van der Waals surface area contributed by atoms with Crippen molar-refractivity contribution in [2.75, 3.05) is 18.8 Å². The number of hydrogen-bond donors (Lipinski definition) is 1. The van der Waals surface area contributed by atoms with Crippen LogP contribution in [0, 0.1) is 11.7 Å². The number of carbonyl (C=O) groups is 1. The van der Waals surface area contributed by atoms with Gasteiger partial charge in [-0.15, -0.1) is 24.8 Å². The van der Waals surface area contributed by atoms with Crippen LogP contribution in [0.25, 0.3) is 10.9 Å². The first-order valence-electron chi connectivity index (χ1n) is 11.5. The first-order chi connectivity index (χ1) is 15.6. The van der Waals surface area contributed by atoms with Gasteiger partial charge in [0, 0.05) is 6.54 Å². The number of Topliss-reactive ketones (excluding diaryl/α,β-unsaturated/α-hetero) is 1. The van der Waals surface area contributed by atoms with Crippen LogP contribution in [0.3, 0.4) is 0 Å². The number of nitrogens with zero attached hydrogens (tertiary/aromatic N) is 2. The van der Waals surface area contributed by atoms with E-state index in [-0.39, 0.29) is 41.7 Å². The summed E-state index contributed by atoms with van der Waals surface area (Å²) in [6, 6.07) is 15.3. The maximum absolute atomic E-state index is 14.4. The van der Waals surface area contributed by atoms with E-state index in [0.29, 0.717) is 35.5 Å². The van der Waals surface area contributed by atoms with Gasteiger partial charge in [-0.25, -0.2) is 4.39 Å². The van der Waals surface area contributed by atoms with Gasteiger partial charge in [0.15, 0.2) is 5.78 Å². The van der Waals surface area contributed by atoms with Crippen molar-refractivity contribution in [2.24, 2.45) is 5.92 Å². The molecule has 7 heteroatoms. The third-order valence-electron chi connectivity index (χ3n) is 6.88. The normalized spacial score (nSPS) is 17.8. The number of rotatable bonds is 4. The van der Waals surface area contributed by atoms with Crippen molar-refractivity contribution in [2.45, 2.75) is 38.6 Å². The number of aryl methyl sites for hydroxylation is 1. The molecule has 0 spiro atoms. The molecule has 4 nitrogen and oxygen atoms in total. The number of likely N-dealkylation sites (tertiary alicyclic amines) is 1. The van der Waals surface area contributed by atoms with Crippen LogP contribution in [0.2, 0.25) is 0 Å². The average Bonchev–Trinajstić information content (AvgIpc) is 2.80. The topological polar surface area (TPSA) is 59.2 Å². The van der Waals surface area contributed by atoms with E-state index in [9.17, 15) is 9.18 Å². The lowest BCUT2D eigenvalue weighted by molar-refractivity contribution is 0.102. The molecule has 1 aliphatic carbocycles. The molecule has 1 saturated heterocycles. The first kappa shape index (κ1) is 26.1. The molecular formula is C27H30Cl2FN3O. The number of nitrogen functional groups attached to an aromatic ring is 1. The highest BCUT2D eigenvalue weighted by molar-refractivity contribution is 6.17. The summed E-state index contributed by atoms with van der Waals surface area (Å²) >= 11 is 0. The molecule has 2 aliphatic rings. The van der Waals surface area contributed by atoms with E-state index in [0.717, 1.165) is 44.5 Å². The highest BCUT2D eigenvalue weighted by Crippen LogP contribution is 2.35. The Balaban J connectivity index is 0.00000162. The molecule has 0 bridgehead atoms. The molecule has 0 radical (unpaired) electrons. The van der Waals surface area contributed by atoms with Gasteiger partial charge in [0.1, 0.15) is 5.82 Å². The number of anilines is 1. The quantitative estimate of drug-likeness (QED) is 0.435. The fraction of sp³-hybridized carbons (Fsp3) is 0.333. The molecule has 1 aliphatic heterocycles. The number of nitrogens with two attached hydrogens (primary N) is 1. The first-order valence-corrected chi connectivity index (χ1v) is 11.5. The molecule has 2 heterocycles. The second-order valence-electron chi connectivity index (χ2n) is 8.98. The van der Waals surface area contributed by atoms with E-state index in [1.54, 1.807) is 12.1 Å². The minimum Gasteiger partial charge on any atom is -0.397 e. The van der Waals surface area contributed by atoms with Crippen LogP contribution in [-0.4, -0.2) is 28.8 Å². The number of piperidine rings is 1. The number of aromatic nitrogens is 1. The van der Waals surface area contributed by atoms with Gasteiger partial charge in [0.05, 0.1) is 27.8 Å². The zero-order valence-electron chi connectivity index (χ0n) is 19.0. The Hall–Kier alpha value is -2.47. The SMILES string of the molecule is Cl.Cl.Nc1c2c(nc3cccc(F)c13)CC/C(=C/CC1CCN(Cc3ccccc3)CC1)C2=O. The average molecular weight is 502 g/mol. The molecule has 5 rings (SSSR count). The number of allylic oxidation sites excluding steroid dienone is 2. The van der Waals surface area contributed by atoms with Gasteiger partial charge >= 0.3 is 0 Å². The minimum absolute atomic E-state index is 0. The summed E-state index contributed by atoms with van der Waals surface area (Å²) in [6.07, 6.45) is 6.63. The molecule has 180 valence electrons. The lowest BCUT2D eigenvalue weighted by Gasteiger charge is -2.31. The van der Waals surface area contributed by atoms with Crippen LogP contribution in [0.5, 0.6) is 0 Å². The fourth-order valence-electron chi connectivity index (χ4n) is 5.04. The van der Waals surface area contributed by atoms with Crippen LogP contribution >= 0.6 is 24.8 Å². The third kappa shape index (κ3) is 5.27. The molecule has 0 amide bonds. The van der Waals surface area contributed by atoms with E-state index in [1.165, 1.54) is 11.6 Å². The molecule has 0 unspecified atom stereocenters. The van der Waals surface area contributed by atoms with E-state index in [4.69, 9.17) is 5.73 Å². The summed E-state index contributed by atoms with van der Waals surface area (Å²) in [7, 11) is 0. The van der Waals surface area contributed by atoms with E-state index in [1.807, 2.05) is 0 Å².